The van der Waals surface area contributed by atoms with Gasteiger partial charge in [0.05, 0.1) is 9.81 Å². The minimum atomic E-state index is -0.858. The van der Waals surface area contributed by atoms with Gasteiger partial charge in [0.2, 0.25) is 0 Å². The van der Waals surface area contributed by atoms with Crippen molar-refractivity contribution in [3.63, 3.8) is 0 Å². The molecular formula is C11H16O4S2. The average molecular weight is 276 g/mol. The summed E-state index contributed by atoms with van der Waals surface area (Å²) in [7, 11) is 0. The Bertz CT molecular complexity index is 360. The summed E-state index contributed by atoms with van der Waals surface area (Å²) in [6.45, 7) is 7.29. The highest BCUT2D eigenvalue weighted by Crippen LogP contribution is 2.53. The largest absolute Gasteiger partial charge is 0.480 e. The molecule has 4 nitrogen and oxygen atoms in total. The Kier molecular flexibility index (Phi) is 4.55. The van der Waals surface area contributed by atoms with E-state index in [0.717, 1.165) is 4.24 Å². The average Bonchev–Trinajstić information content (AvgIpc) is 2.05. The summed E-state index contributed by atoms with van der Waals surface area (Å²) in [6.07, 6.45) is 0.552. The van der Waals surface area contributed by atoms with Crippen LogP contribution in [0.4, 0.5) is 0 Å². The van der Waals surface area contributed by atoms with Crippen LogP contribution in [0.15, 0.2) is 9.81 Å². The molecule has 1 aliphatic heterocycles. The lowest BCUT2D eigenvalue weighted by Gasteiger charge is -2.27. The fourth-order valence-corrected chi connectivity index (χ4v) is 3.37. The van der Waals surface area contributed by atoms with Crippen molar-refractivity contribution in [2.45, 2.75) is 44.3 Å². The van der Waals surface area contributed by atoms with Crippen LogP contribution >= 0.6 is 23.5 Å². The number of thioether (sulfide) groups is 2. The molecule has 1 saturated heterocycles. The van der Waals surface area contributed by atoms with Gasteiger partial charge >= 0.3 is 11.9 Å². The van der Waals surface area contributed by atoms with E-state index in [2.05, 4.69) is 0 Å². The minimum absolute atomic E-state index is 0.348. The number of carboxylic acids is 1. The Morgan fingerprint density at radius 2 is 1.88 bits per heavy atom. The summed E-state index contributed by atoms with van der Waals surface area (Å²) in [5.74, 6) is -1.21. The number of rotatable bonds is 3. The molecule has 96 valence electrons. The highest BCUT2D eigenvalue weighted by Gasteiger charge is 2.36. The summed E-state index contributed by atoms with van der Waals surface area (Å²) in [5.41, 5.74) is 0.0519. The molecule has 0 aromatic heterocycles. The van der Waals surface area contributed by atoms with Crippen molar-refractivity contribution in [2.75, 3.05) is 0 Å². The van der Waals surface area contributed by atoms with Gasteiger partial charge in [-0.1, -0.05) is 30.4 Å². The summed E-state index contributed by atoms with van der Waals surface area (Å²) in [5, 5.41) is 8.75. The van der Waals surface area contributed by atoms with E-state index >= 15 is 0 Å². The number of hydrogen-bond acceptors (Lipinski definition) is 5. The van der Waals surface area contributed by atoms with Crippen LogP contribution in [-0.4, -0.2) is 27.2 Å². The van der Waals surface area contributed by atoms with Gasteiger partial charge in [-0.2, -0.15) is 0 Å². The molecule has 0 aliphatic carbocycles. The molecule has 0 aromatic rings. The van der Waals surface area contributed by atoms with Crippen molar-refractivity contribution >= 4 is 35.5 Å². The Labute approximate surface area is 109 Å². The third-order valence-electron chi connectivity index (χ3n) is 1.88. The lowest BCUT2D eigenvalue weighted by Crippen LogP contribution is -2.27. The van der Waals surface area contributed by atoms with Crippen LogP contribution in [0.3, 0.4) is 0 Å². The van der Waals surface area contributed by atoms with Crippen LogP contribution in [0.5, 0.6) is 0 Å². The summed E-state index contributed by atoms with van der Waals surface area (Å²) in [4.78, 5) is 22.5. The van der Waals surface area contributed by atoms with E-state index in [-0.39, 0.29) is 5.97 Å². The Morgan fingerprint density at radius 3 is 2.24 bits per heavy atom. The van der Waals surface area contributed by atoms with Gasteiger partial charge in [-0.3, -0.25) is 4.79 Å². The van der Waals surface area contributed by atoms with Gasteiger partial charge in [0.1, 0.15) is 5.60 Å². The molecule has 17 heavy (non-hydrogen) atoms. The predicted molar refractivity (Wildman–Crippen MR) is 69.8 cm³/mol. The molecular weight excluding hydrogens is 260 g/mol. The van der Waals surface area contributed by atoms with Crippen molar-refractivity contribution in [3.8, 4) is 0 Å². The maximum absolute atomic E-state index is 11.8. The van der Waals surface area contributed by atoms with Gasteiger partial charge in [0, 0.05) is 0 Å². The number of carbonyl (C=O) groups is 2. The fourth-order valence-electron chi connectivity index (χ4n) is 1.16. The van der Waals surface area contributed by atoms with Crippen LogP contribution < -0.4 is 0 Å². The van der Waals surface area contributed by atoms with Crippen LogP contribution in [0.25, 0.3) is 0 Å². The topological polar surface area (TPSA) is 63.6 Å². The van der Waals surface area contributed by atoms with E-state index in [0.29, 0.717) is 12.0 Å². The maximum Gasteiger partial charge on any atom is 0.336 e. The molecule has 6 heteroatoms. The standard InChI is InChI=1S/C11H16O4S2/c1-5-6(8(14)15-11(2,3)4)9-16-10(17-9)7(12)13/h10H,5H2,1-4H3,(H,12,13). The molecule has 1 N–H and O–H groups in total. The maximum atomic E-state index is 11.8. The van der Waals surface area contributed by atoms with E-state index in [4.69, 9.17) is 9.84 Å². The predicted octanol–water partition coefficient (Wildman–Crippen LogP) is 2.84. The number of carbonyl (C=O) groups excluding carboxylic acids is 1. The molecule has 1 fully saturated rings. The zero-order valence-corrected chi connectivity index (χ0v) is 11.9. The number of aliphatic carboxylic acids is 1. The van der Waals surface area contributed by atoms with Crippen molar-refractivity contribution in [1.82, 2.24) is 0 Å². The first kappa shape index (κ1) is 14.4. The Morgan fingerprint density at radius 1 is 1.35 bits per heavy atom. The third-order valence-corrected chi connectivity index (χ3v) is 4.78. The van der Waals surface area contributed by atoms with Gasteiger partial charge in [-0.25, -0.2) is 4.79 Å². The Hall–Kier alpha value is -0.620. The molecule has 0 aromatic carbocycles. The van der Waals surface area contributed by atoms with E-state index in [1.807, 2.05) is 27.7 Å². The smallest absolute Gasteiger partial charge is 0.336 e. The first-order chi connectivity index (χ1) is 7.74. The van der Waals surface area contributed by atoms with Gasteiger partial charge < -0.3 is 9.84 Å². The Balaban J connectivity index is 2.70. The number of esters is 1. The lowest BCUT2D eigenvalue weighted by molar-refractivity contribution is -0.150. The normalized spacial score (nSPS) is 19.5. The molecule has 1 aliphatic rings. The van der Waals surface area contributed by atoms with E-state index in [1.165, 1.54) is 23.5 Å². The first-order valence-electron chi connectivity index (χ1n) is 5.27. The van der Waals surface area contributed by atoms with Gasteiger partial charge in [0.15, 0.2) is 4.58 Å². The van der Waals surface area contributed by atoms with Crippen molar-refractivity contribution in [1.29, 1.82) is 0 Å². The minimum Gasteiger partial charge on any atom is -0.480 e. The zero-order chi connectivity index (χ0) is 13.2. The van der Waals surface area contributed by atoms with Crippen LogP contribution in [-0.2, 0) is 14.3 Å². The van der Waals surface area contributed by atoms with E-state index in [1.54, 1.807) is 0 Å². The van der Waals surface area contributed by atoms with E-state index < -0.39 is 16.2 Å². The highest BCUT2D eigenvalue weighted by atomic mass is 32.3. The number of carboxylic acid groups (broad SMARTS) is 1. The lowest BCUT2D eigenvalue weighted by atomic mass is 10.2. The molecule has 0 unspecified atom stereocenters. The molecule has 0 atom stereocenters. The van der Waals surface area contributed by atoms with Gasteiger partial charge in [-0.05, 0) is 27.2 Å². The zero-order valence-electron chi connectivity index (χ0n) is 10.3. The fraction of sp³-hybridized carbons (Fsp3) is 0.636. The second-order valence-electron chi connectivity index (χ2n) is 4.53. The second kappa shape index (κ2) is 5.35. The van der Waals surface area contributed by atoms with Crippen molar-refractivity contribution < 1.29 is 19.4 Å². The van der Waals surface area contributed by atoms with Gasteiger partial charge in [-0.15, -0.1) is 0 Å². The summed E-state index contributed by atoms with van der Waals surface area (Å²) < 4.78 is 5.55. The molecule has 1 heterocycles. The summed E-state index contributed by atoms with van der Waals surface area (Å²) >= 11 is 2.42. The monoisotopic (exact) mass is 276 g/mol. The number of ether oxygens (including phenoxy) is 1. The molecule has 0 spiro atoms. The van der Waals surface area contributed by atoms with E-state index in [9.17, 15) is 9.59 Å². The van der Waals surface area contributed by atoms with Crippen molar-refractivity contribution in [2.24, 2.45) is 0 Å². The summed E-state index contributed by atoms with van der Waals surface area (Å²) in [6, 6.07) is 0. The molecule has 0 bridgehead atoms. The molecule has 1 rings (SSSR count). The van der Waals surface area contributed by atoms with Gasteiger partial charge in [0.25, 0.3) is 0 Å². The quantitative estimate of drug-likeness (QED) is 0.631. The molecule has 0 saturated carbocycles. The van der Waals surface area contributed by atoms with Crippen molar-refractivity contribution in [3.05, 3.63) is 9.81 Å². The van der Waals surface area contributed by atoms with Crippen LogP contribution in [0, 0.1) is 0 Å². The molecule has 0 radical (unpaired) electrons. The SMILES string of the molecule is CCC(C(=O)OC(C)(C)C)=C1SC(C(=O)O)S1. The first-order valence-corrected chi connectivity index (χ1v) is 7.03. The van der Waals surface area contributed by atoms with Crippen LogP contribution in [0.1, 0.15) is 34.1 Å². The molecule has 0 amide bonds. The highest BCUT2D eigenvalue weighted by molar-refractivity contribution is 8.39. The second-order valence-corrected chi connectivity index (χ2v) is 7.31. The van der Waals surface area contributed by atoms with Crippen LogP contribution in [0.2, 0.25) is 0 Å². The number of hydrogen-bond donors (Lipinski definition) is 1. The third kappa shape index (κ3) is 3.96.